The van der Waals surface area contributed by atoms with E-state index in [1.54, 1.807) is 36.3 Å². The van der Waals surface area contributed by atoms with Gasteiger partial charge in [0.2, 0.25) is 5.91 Å². The Kier molecular flexibility index (Phi) is 6.41. The molecule has 1 aromatic heterocycles. The Hall–Kier alpha value is -1.66. The second-order valence-electron chi connectivity index (χ2n) is 4.57. The summed E-state index contributed by atoms with van der Waals surface area (Å²) in [5, 5.41) is 10.9. The molecule has 5 nitrogen and oxygen atoms in total. The van der Waals surface area contributed by atoms with Crippen molar-refractivity contribution in [2.75, 3.05) is 20.1 Å². The first-order valence-corrected chi connectivity index (χ1v) is 7.17. The van der Waals surface area contributed by atoms with E-state index in [-0.39, 0.29) is 12.5 Å². The van der Waals surface area contributed by atoms with Gasteiger partial charge in [0, 0.05) is 11.4 Å². The topological polar surface area (TPSA) is 60.9 Å². The van der Waals surface area contributed by atoms with Gasteiger partial charge in [0.25, 0.3) is 0 Å². The molecule has 1 atom stereocenters. The van der Waals surface area contributed by atoms with Crippen LogP contribution in [-0.2, 0) is 16.1 Å². The first-order valence-electron chi connectivity index (χ1n) is 6.29. The van der Waals surface area contributed by atoms with Gasteiger partial charge in [-0.3, -0.25) is 14.5 Å². The van der Waals surface area contributed by atoms with Crippen molar-refractivity contribution in [3.63, 3.8) is 0 Å². The third kappa shape index (κ3) is 4.79. The van der Waals surface area contributed by atoms with Crippen molar-refractivity contribution in [1.82, 2.24) is 9.80 Å². The molecule has 1 N–H and O–H groups in total. The van der Waals surface area contributed by atoms with Gasteiger partial charge in [-0.15, -0.1) is 17.9 Å². The van der Waals surface area contributed by atoms with E-state index in [1.807, 2.05) is 17.5 Å². The van der Waals surface area contributed by atoms with Crippen molar-refractivity contribution in [2.24, 2.45) is 0 Å². The van der Waals surface area contributed by atoms with Crippen LogP contribution in [0.5, 0.6) is 0 Å². The van der Waals surface area contributed by atoms with Gasteiger partial charge >= 0.3 is 5.97 Å². The molecule has 0 spiro atoms. The molecule has 20 heavy (non-hydrogen) atoms. The van der Waals surface area contributed by atoms with E-state index in [0.717, 1.165) is 4.88 Å². The summed E-state index contributed by atoms with van der Waals surface area (Å²) in [6.45, 7) is 6.27. The summed E-state index contributed by atoms with van der Waals surface area (Å²) < 4.78 is 0. The Bertz CT molecular complexity index is 459. The zero-order valence-corrected chi connectivity index (χ0v) is 12.6. The Labute approximate surface area is 123 Å². The molecule has 1 amide bonds. The fourth-order valence-electron chi connectivity index (χ4n) is 1.64. The Morgan fingerprint density at radius 3 is 2.75 bits per heavy atom. The predicted octanol–water partition coefficient (Wildman–Crippen LogP) is 1.67. The number of hydrogen-bond donors (Lipinski definition) is 1. The number of nitrogens with zero attached hydrogens (tertiary/aromatic N) is 2. The summed E-state index contributed by atoms with van der Waals surface area (Å²) in [4.78, 5) is 27.4. The largest absolute Gasteiger partial charge is 0.480 e. The van der Waals surface area contributed by atoms with Crippen LogP contribution in [0.3, 0.4) is 0 Å². The molecule has 0 aliphatic rings. The summed E-state index contributed by atoms with van der Waals surface area (Å²) in [5.74, 6) is -1.04. The maximum absolute atomic E-state index is 12.2. The lowest BCUT2D eigenvalue weighted by Gasteiger charge is -2.26. The molecule has 0 saturated carbocycles. The molecule has 1 heterocycles. The third-order valence-electron chi connectivity index (χ3n) is 3.03. The summed E-state index contributed by atoms with van der Waals surface area (Å²) in [5.41, 5.74) is 0. The molecule has 0 radical (unpaired) electrons. The van der Waals surface area contributed by atoms with E-state index in [2.05, 4.69) is 6.58 Å². The van der Waals surface area contributed by atoms with Gasteiger partial charge in [-0.25, -0.2) is 0 Å². The third-order valence-corrected chi connectivity index (χ3v) is 3.89. The molecule has 6 heteroatoms. The lowest BCUT2D eigenvalue weighted by Crippen LogP contribution is -2.44. The van der Waals surface area contributed by atoms with E-state index in [1.165, 1.54) is 4.90 Å². The molecule has 0 aromatic carbocycles. The number of carbonyl (C=O) groups is 2. The van der Waals surface area contributed by atoms with Gasteiger partial charge < -0.3 is 10.0 Å². The minimum Gasteiger partial charge on any atom is -0.480 e. The predicted molar refractivity (Wildman–Crippen MR) is 79.7 cm³/mol. The standard InChI is InChI=1S/C14H20N2O3S/c1-4-7-16(9-12-6-5-8-20-12)13(17)10-15(3)11(2)14(18)19/h4-6,8,11H,1,7,9-10H2,2-3H3,(H,18,19). The number of carboxylic acid groups (broad SMARTS) is 1. The first-order chi connectivity index (χ1) is 9.45. The second-order valence-corrected chi connectivity index (χ2v) is 5.60. The Morgan fingerprint density at radius 2 is 2.25 bits per heavy atom. The summed E-state index contributed by atoms with van der Waals surface area (Å²) in [6.07, 6.45) is 1.67. The Morgan fingerprint density at radius 1 is 1.55 bits per heavy atom. The number of carbonyl (C=O) groups excluding carboxylic acids is 1. The van der Waals surface area contributed by atoms with Gasteiger partial charge in [0.15, 0.2) is 0 Å². The van der Waals surface area contributed by atoms with Crippen LogP contribution in [0.4, 0.5) is 0 Å². The number of carboxylic acids is 1. The van der Waals surface area contributed by atoms with Crippen LogP contribution in [0.15, 0.2) is 30.2 Å². The van der Waals surface area contributed by atoms with Crippen LogP contribution < -0.4 is 0 Å². The molecule has 0 fully saturated rings. The number of aliphatic carboxylic acids is 1. The van der Waals surface area contributed by atoms with E-state index in [4.69, 9.17) is 5.11 Å². The van der Waals surface area contributed by atoms with E-state index in [0.29, 0.717) is 13.1 Å². The minimum absolute atomic E-state index is 0.0761. The van der Waals surface area contributed by atoms with Crippen molar-refractivity contribution >= 4 is 23.2 Å². The average molecular weight is 296 g/mol. The van der Waals surface area contributed by atoms with Crippen molar-refractivity contribution in [2.45, 2.75) is 19.5 Å². The van der Waals surface area contributed by atoms with Gasteiger partial charge in [0.1, 0.15) is 6.04 Å². The minimum atomic E-state index is -0.936. The first kappa shape index (κ1) is 16.4. The highest BCUT2D eigenvalue weighted by molar-refractivity contribution is 7.09. The molecular weight excluding hydrogens is 276 g/mol. The number of amides is 1. The smallest absolute Gasteiger partial charge is 0.320 e. The molecule has 1 aromatic rings. The Balaban J connectivity index is 2.64. The lowest BCUT2D eigenvalue weighted by molar-refractivity contribution is -0.143. The summed E-state index contributed by atoms with van der Waals surface area (Å²) in [7, 11) is 1.63. The molecule has 1 rings (SSSR count). The quantitative estimate of drug-likeness (QED) is 0.741. The molecule has 1 unspecified atom stereocenters. The number of hydrogen-bond acceptors (Lipinski definition) is 4. The maximum atomic E-state index is 12.2. The fraction of sp³-hybridized carbons (Fsp3) is 0.429. The van der Waals surface area contributed by atoms with Gasteiger partial charge in [-0.2, -0.15) is 0 Å². The van der Waals surface area contributed by atoms with Crippen LogP contribution in [0, 0.1) is 0 Å². The second kappa shape index (κ2) is 7.81. The van der Waals surface area contributed by atoms with Crippen LogP contribution in [0.1, 0.15) is 11.8 Å². The molecule has 0 aliphatic carbocycles. The van der Waals surface area contributed by atoms with Gasteiger partial charge in [-0.05, 0) is 25.4 Å². The SMILES string of the molecule is C=CCN(Cc1cccs1)C(=O)CN(C)C(C)C(=O)O. The zero-order chi connectivity index (χ0) is 15.1. The van der Waals surface area contributed by atoms with Crippen LogP contribution in [0.2, 0.25) is 0 Å². The average Bonchev–Trinajstić information content (AvgIpc) is 2.89. The normalized spacial score (nSPS) is 12.2. The van der Waals surface area contributed by atoms with Crippen LogP contribution >= 0.6 is 11.3 Å². The molecule has 0 bridgehead atoms. The fourth-order valence-corrected chi connectivity index (χ4v) is 2.36. The number of thiophene rings is 1. The van der Waals surface area contributed by atoms with E-state index < -0.39 is 12.0 Å². The monoisotopic (exact) mass is 296 g/mol. The van der Waals surface area contributed by atoms with Gasteiger partial charge in [-0.1, -0.05) is 12.1 Å². The van der Waals surface area contributed by atoms with Gasteiger partial charge in [0.05, 0.1) is 13.1 Å². The highest BCUT2D eigenvalue weighted by atomic mass is 32.1. The van der Waals surface area contributed by atoms with E-state index in [9.17, 15) is 9.59 Å². The maximum Gasteiger partial charge on any atom is 0.320 e. The van der Waals surface area contributed by atoms with Crippen LogP contribution in [-0.4, -0.2) is 53.0 Å². The summed E-state index contributed by atoms with van der Waals surface area (Å²) >= 11 is 1.59. The van der Waals surface area contributed by atoms with Crippen LogP contribution in [0.25, 0.3) is 0 Å². The highest BCUT2D eigenvalue weighted by Crippen LogP contribution is 2.12. The zero-order valence-electron chi connectivity index (χ0n) is 11.8. The van der Waals surface area contributed by atoms with E-state index >= 15 is 0 Å². The molecule has 110 valence electrons. The molecular formula is C14H20N2O3S. The number of likely N-dealkylation sites (N-methyl/N-ethyl adjacent to an activating group) is 1. The highest BCUT2D eigenvalue weighted by Gasteiger charge is 2.21. The summed E-state index contributed by atoms with van der Waals surface area (Å²) in [6, 6.07) is 3.22. The van der Waals surface area contributed by atoms with Crippen molar-refractivity contribution < 1.29 is 14.7 Å². The van der Waals surface area contributed by atoms with Crippen molar-refractivity contribution in [1.29, 1.82) is 0 Å². The van der Waals surface area contributed by atoms with Crippen molar-refractivity contribution in [3.8, 4) is 0 Å². The van der Waals surface area contributed by atoms with Crippen molar-refractivity contribution in [3.05, 3.63) is 35.0 Å². The number of rotatable bonds is 8. The molecule has 0 saturated heterocycles. The molecule has 0 aliphatic heterocycles. The lowest BCUT2D eigenvalue weighted by atomic mass is 10.3.